The van der Waals surface area contributed by atoms with Gasteiger partial charge >= 0.3 is 0 Å². The second-order valence-electron chi connectivity index (χ2n) is 9.01. The molecule has 6 nitrogen and oxygen atoms in total. The summed E-state index contributed by atoms with van der Waals surface area (Å²) in [5.41, 5.74) is 1.83. The molecule has 2 aromatic carbocycles. The number of fused-ring (bicyclic) bond motifs is 2. The molecule has 1 N–H and O–H groups in total. The summed E-state index contributed by atoms with van der Waals surface area (Å²) in [5.74, 6) is -1.79. The molecule has 0 fully saturated rings. The summed E-state index contributed by atoms with van der Waals surface area (Å²) in [6.07, 6.45) is 3.35. The smallest absolute Gasteiger partial charge is 0.256 e. The number of aryl methyl sites for hydroxylation is 1. The predicted molar refractivity (Wildman–Crippen MR) is 127 cm³/mol. The number of amides is 1. The number of hydrogen-bond donors (Lipinski definition) is 1. The van der Waals surface area contributed by atoms with Gasteiger partial charge in [0, 0.05) is 40.4 Å². The Morgan fingerprint density at radius 3 is 2.53 bits per heavy atom. The SMILES string of the molecule is Cn1cc2c(-c3cc(F)c(CN4Cc5ncc(Br)cc5C4=O)c(F)c3)ccc(C(C)(C)O)c2n1. The number of aliphatic hydroxyl groups is 1. The maximum absolute atomic E-state index is 15.2. The van der Waals surface area contributed by atoms with E-state index in [4.69, 9.17) is 0 Å². The van der Waals surface area contributed by atoms with Crippen LogP contribution >= 0.6 is 15.9 Å². The Labute approximate surface area is 203 Å². The molecule has 0 spiro atoms. The van der Waals surface area contributed by atoms with E-state index in [9.17, 15) is 9.90 Å². The number of hydrogen-bond acceptors (Lipinski definition) is 4. The largest absolute Gasteiger partial charge is 0.386 e. The molecule has 0 radical (unpaired) electrons. The Bertz CT molecular complexity index is 1450. The van der Waals surface area contributed by atoms with Crippen molar-refractivity contribution in [3.63, 3.8) is 0 Å². The van der Waals surface area contributed by atoms with E-state index < -0.39 is 17.2 Å². The highest BCUT2D eigenvalue weighted by Gasteiger charge is 2.30. The first-order valence-electron chi connectivity index (χ1n) is 10.6. The molecule has 1 aliphatic rings. The lowest BCUT2D eigenvalue weighted by atomic mass is 9.91. The minimum Gasteiger partial charge on any atom is -0.386 e. The number of pyridine rings is 1. The maximum atomic E-state index is 15.2. The van der Waals surface area contributed by atoms with Crippen molar-refractivity contribution in [1.82, 2.24) is 19.7 Å². The molecule has 9 heteroatoms. The normalized spacial score (nSPS) is 13.7. The summed E-state index contributed by atoms with van der Waals surface area (Å²) in [6, 6.07) is 7.66. The number of rotatable bonds is 4. The topological polar surface area (TPSA) is 71.2 Å². The molecule has 0 aliphatic carbocycles. The van der Waals surface area contributed by atoms with Crippen molar-refractivity contribution in [2.75, 3.05) is 0 Å². The summed E-state index contributed by atoms with van der Waals surface area (Å²) in [4.78, 5) is 18.3. The van der Waals surface area contributed by atoms with Crippen molar-refractivity contribution in [2.24, 2.45) is 7.05 Å². The molecule has 34 heavy (non-hydrogen) atoms. The van der Waals surface area contributed by atoms with Crippen molar-refractivity contribution in [3.8, 4) is 11.1 Å². The second-order valence-corrected chi connectivity index (χ2v) is 9.93. The fourth-order valence-electron chi connectivity index (χ4n) is 4.40. The van der Waals surface area contributed by atoms with Gasteiger partial charge in [0.15, 0.2) is 0 Å². The van der Waals surface area contributed by atoms with Gasteiger partial charge < -0.3 is 10.0 Å². The predicted octanol–water partition coefficient (Wildman–Crippen LogP) is 5.06. The molecule has 0 saturated heterocycles. The first-order valence-corrected chi connectivity index (χ1v) is 11.4. The van der Waals surface area contributed by atoms with Crippen LogP contribution in [0.1, 0.15) is 41.0 Å². The molecule has 0 bridgehead atoms. The Kier molecular flexibility index (Phi) is 5.29. The molecule has 2 aromatic heterocycles. The standard InChI is InChI=1S/C25H21BrF2N4O2/c1-25(2,34)19-5-4-15(17-10-31(3)30-23(17)19)13-6-20(27)18(21(28)7-13)11-32-12-22-16(24(32)33)8-14(26)9-29-22/h4-10,34H,11-12H2,1-3H3. The Hall–Kier alpha value is -3.17. The third-order valence-electron chi connectivity index (χ3n) is 6.05. The lowest BCUT2D eigenvalue weighted by Crippen LogP contribution is -2.24. The van der Waals surface area contributed by atoms with Crippen molar-refractivity contribution < 1.29 is 18.7 Å². The van der Waals surface area contributed by atoms with Gasteiger partial charge in [0.1, 0.15) is 11.6 Å². The molecule has 0 unspecified atom stereocenters. The minimum absolute atomic E-state index is 0.181. The van der Waals surface area contributed by atoms with Gasteiger partial charge in [-0.2, -0.15) is 5.10 Å². The summed E-state index contributed by atoms with van der Waals surface area (Å²) in [7, 11) is 1.75. The minimum atomic E-state index is -1.13. The molecule has 0 atom stereocenters. The van der Waals surface area contributed by atoms with Crippen molar-refractivity contribution in [1.29, 1.82) is 0 Å². The van der Waals surface area contributed by atoms with Crippen LogP contribution in [0, 0.1) is 11.6 Å². The average molecular weight is 527 g/mol. The van der Waals surface area contributed by atoms with E-state index in [0.717, 1.165) is 0 Å². The molecule has 3 heterocycles. The van der Waals surface area contributed by atoms with Crippen LogP contribution in [-0.4, -0.2) is 30.7 Å². The van der Waals surface area contributed by atoms with Gasteiger partial charge in [0.05, 0.1) is 35.5 Å². The van der Waals surface area contributed by atoms with Gasteiger partial charge in [-0.05, 0) is 59.1 Å². The van der Waals surface area contributed by atoms with E-state index in [1.165, 1.54) is 17.0 Å². The third kappa shape index (κ3) is 3.78. The van der Waals surface area contributed by atoms with Crippen LogP contribution in [0.2, 0.25) is 0 Å². The van der Waals surface area contributed by atoms with Gasteiger partial charge in [0.2, 0.25) is 0 Å². The van der Waals surface area contributed by atoms with Crippen LogP contribution < -0.4 is 0 Å². The Morgan fingerprint density at radius 1 is 1.15 bits per heavy atom. The lowest BCUT2D eigenvalue weighted by molar-refractivity contribution is 0.0762. The van der Waals surface area contributed by atoms with E-state index in [0.29, 0.717) is 43.3 Å². The fourth-order valence-corrected chi connectivity index (χ4v) is 4.73. The molecule has 4 aromatic rings. The van der Waals surface area contributed by atoms with Crippen LogP contribution in [-0.2, 0) is 25.7 Å². The van der Waals surface area contributed by atoms with E-state index in [1.54, 1.807) is 56.2 Å². The molecular weight excluding hydrogens is 506 g/mol. The highest BCUT2D eigenvalue weighted by molar-refractivity contribution is 9.10. The number of nitrogens with zero attached hydrogens (tertiary/aromatic N) is 4. The molecule has 1 amide bonds. The maximum Gasteiger partial charge on any atom is 0.256 e. The zero-order valence-corrected chi connectivity index (χ0v) is 20.3. The highest BCUT2D eigenvalue weighted by atomic mass is 79.9. The van der Waals surface area contributed by atoms with Crippen LogP contribution in [0.3, 0.4) is 0 Å². The number of halogens is 3. The molecular formula is C25H21BrF2N4O2. The monoisotopic (exact) mass is 526 g/mol. The fraction of sp³-hybridized carbons (Fsp3) is 0.240. The summed E-state index contributed by atoms with van der Waals surface area (Å²) >= 11 is 3.29. The van der Waals surface area contributed by atoms with Crippen LogP contribution in [0.15, 0.2) is 47.2 Å². The first-order chi connectivity index (χ1) is 16.0. The Balaban J connectivity index is 1.52. The van der Waals surface area contributed by atoms with E-state index >= 15 is 8.78 Å². The molecule has 1 aliphatic heterocycles. The van der Waals surface area contributed by atoms with Crippen molar-refractivity contribution in [3.05, 3.63) is 81.2 Å². The quantitative estimate of drug-likeness (QED) is 0.403. The van der Waals surface area contributed by atoms with Crippen molar-refractivity contribution in [2.45, 2.75) is 32.5 Å². The van der Waals surface area contributed by atoms with E-state index in [-0.39, 0.29) is 24.6 Å². The number of benzene rings is 2. The first kappa shape index (κ1) is 22.6. The highest BCUT2D eigenvalue weighted by Crippen LogP contribution is 2.36. The van der Waals surface area contributed by atoms with Gasteiger partial charge in [-0.3, -0.25) is 14.5 Å². The molecule has 0 saturated carbocycles. The lowest BCUT2D eigenvalue weighted by Gasteiger charge is -2.19. The van der Waals surface area contributed by atoms with E-state index in [1.807, 2.05) is 0 Å². The summed E-state index contributed by atoms with van der Waals surface area (Å²) in [6.45, 7) is 3.31. The van der Waals surface area contributed by atoms with Gasteiger partial charge in [-0.15, -0.1) is 0 Å². The number of aromatic nitrogens is 3. The Morgan fingerprint density at radius 2 is 1.85 bits per heavy atom. The van der Waals surface area contributed by atoms with Crippen LogP contribution in [0.5, 0.6) is 0 Å². The second kappa shape index (κ2) is 7.95. The number of carbonyl (C=O) groups is 1. The summed E-state index contributed by atoms with van der Waals surface area (Å²) in [5, 5.41) is 15.6. The molecule has 5 rings (SSSR count). The van der Waals surface area contributed by atoms with Gasteiger partial charge in [-0.1, -0.05) is 12.1 Å². The van der Waals surface area contributed by atoms with Crippen molar-refractivity contribution >= 4 is 32.7 Å². The molecule has 174 valence electrons. The van der Waals surface area contributed by atoms with Crippen LogP contribution in [0.4, 0.5) is 8.78 Å². The van der Waals surface area contributed by atoms with E-state index in [2.05, 4.69) is 26.0 Å². The average Bonchev–Trinajstić information content (AvgIpc) is 3.28. The third-order valence-corrected chi connectivity index (χ3v) is 6.48. The van der Waals surface area contributed by atoms with Crippen LogP contribution in [0.25, 0.3) is 22.0 Å². The zero-order valence-electron chi connectivity index (χ0n) is 18.7. The zero-order chi connectivity index (χ0) is 24.4. The number of carbonyl (C=O) groups excluding carboxylic acids is 1. The van der Waals surface area contributed by atoms with Gasteiger partial charge in [-0.25, -0.2) is 8.78 Å². The van der Waals surface area contributed by atoms with Gasteiger partial charge in [0.25, 0.3) is 5.91 Å². The summed E-state index contributed by atoms with van der Waals surface area (Å²) < 4.78 is 32.6.